The maximum absolute atomic E-state index is 14.0. The van der Waals surface area contributed by atoms with Gasteiger partial charge < -0.3 is 0 Å². The van der Waals surface area contributed by atoms with Crippen LogP contribution in [0.1, 0.15) is 10.4 Å². The van der Waals surface area contributed by atoms with Crippen LogP contribution in [-0.4, -0.2) is 25.9 Å². The smallest absolute Gasteiger partial charge is 0.257 e. The summed E-state index contributed by atoms with van der Waals surface area (Å²) in [7, 11) is -4.11. The zero-order chi connectivity index (χ0) is 20.3. The number of aromatic nitrogens is 1. The standard InChI is InChI=1S/C17H13ClFN3O3S3/c1-2-7-20-28(24,25)14-8-10(3-4-11(14)19)16(23)22-17-21-12(9-26-17)13-5-6-15(18)27-13/h2-6,8-9,20H,1,7H2,(H,21,22,23). The number of carbonyl (C=O) groups excluding carboxylic acids is 1. The fourth-order valence-electron chi connectivity index (χ4n) is 2.16. The molecule has 0 bridgehead atoms. The topological polar surface area (TPSA) is 88.2 Å². The quantitative estimate of drug-likeness (QED) is 0.515. The lowest BCUT2D eigenvalue weighted by Gasteiger charge is -2.08. The van der Waals surface area contributed by atoms with E-state index in [1.807, 2.05) is 6.07 Å². The van der Waals surface area contributed by atoms with Crippen LogP contribution in [-0.2, 0) is 10.0 Å². The fraction of sp³-hybridized carbons (Fsp3) is 0.0588. The molecule has 2 aromatic heterocycles. The Labute approximate surface area is 173 Å². The van der Waals surface area contributed by atoms with Gasteiger partial charge in [-0.3, -0.25) is 10.1 Å². The Morgan fingerprint density at radius 2 is 2.11 bits per heavy atom. The second kappa shape index (κ2) is 8.50. The molecule has 3 aromatic rings. The van der Waals surface area contributed by atoms with E-state index in [0.717, 1.165) is 17.0 Å². The average molecular weight is 458 g/mol. The van der Waals surface area contributed by atoms with Crippen molar-refractivity contribution in [2.24, 2.45) is 0 Å². The van der Waals surface area contributed by atoms with Crippen molar-refractivity contribution < 1.29 is 17.6 Å². The zero-order valence-corrected chi connectivity index (χ0v) is 17.3. The van der Waals surface area contributed by atoms with Gasteiger partial charge in [0.1, 0.15) is 10.7 Å². The predicted molar refractivity (Wildman–Crippen MR) is 110 cm³/mol. The molecular formula is C17H13ClFN3O3S3. The number of anilines is 1. The van der Waals surface area contributed by atoms with E-state index in [0.29, 0.717) is 15.2 Å². The van der Waals surface area contributed by atoms with Gasteiger partial charge in [0.2, 0.25) is 10.0 Å². The third-order valence-electron chi connectivity index (χ3n) is 3.45. The summed E-state index contributed by atoms with van der Waals surface area (Å²) in [5.41, 5.74) is 0.643. The number of hydrogen-bond acceptors (Lipinski definition) is 6. The van der Waals surface area contributed by atoms with E-state index >= 15 is 0 Å². The van der Waals surface area contributed by atoms with Gasteiger partial charge in [0.05, 0.1) is 14.9 Å². The average Bonchev–Trinajstić information content (AvgIpc) is 3.29. The van der Waals surface area contributed by atoms with Crippen LogP contribution in [0.3, 0.4) is 0 Å². The Hall–Kier alpha value is -2.11. The van der Waals surface area contributed by atoms with Gasteiger partial charge in [-0.2, -0.15) is 0 Å². The monoisotopic (exact) mass is 457 g/mol. The number of hydrogen-bond donors (Lipinski definition) is 2. The molecule has 6 nitrogen and oxygen atoms in total. The molecule has 146 valence electrons. The van der Waals surface area contributed by atoms with Crippen molar-refractivity contribution in [2.75, 3.05) is 11.9 Å². The summed E-state index contributed by atoms with van der Waals surface area (Å²) in [5, 5.41) is 4.67. The molecule has 0 radical (unpaired) electrons. The Morgan fingerprint density at radius 3 is 2.79 bits per heavy atom. The minimum Gasteiger partial charge on any atom is -0.298 e. The molecule has 28 heavy (non-hydrogen) atoms. The van der Waals surface area contributed by atoms with Gasteiger partial charge in [-0.25, -0.2) is 22.5 Å². The van der Waals surface area contributed by atoms with Crippen molar-refractivity contribution in [2.45, 2.75) is 4.90 Å². The van der Waals surface area contributed by atoms with Crippen LogP contribution in [0.2, 0.25) is 4.34 Å². The molecule has 0 fully saturated rings. The SMILES string of the molecule is C=CCNS(=O)(=O)c1cc(C(=O)Nc2nc(-c3ccc(Cl)s3)cs2)ccc1F. The van der Waals surface area contributed by atoms with E-state index in [1.165, 1.54) is 34.8 Å². The first-order chi connectivity index (χ1) is 13.3. The van der Waals surface area contributed by atoms with Crippen LogP contribution in [0.15, 0.2) is 53.3 Å². The van der Waals surface area contributed by atoms with Crippen molar-refractivity contribution in [1.29, 1.82) is 0 Å². The number of amides is 1. The number of thiophene rings is 1. The van der Waals surface area contributed by atoms with E-state index in [9.17, 15) is 17.6 Å². The van der Waals surface area contributed by atoms with Crippen LogP contribution in [0.5, 0.6) is 0 Å². The second-order valence-corrected chi connectivity index (χ2v) is 9.69. The Kier molecular flexibility index (Phi) is 6.26. The van der Waals surface area contributed by atoms with Crippen LogP contribution in [0, 0.1) is 5.82 Å². The molecule has 0 unspecified atom stereocenters. The zero-order valence-electron chi connectivity index (χ0n) is 14.1. The van der Waals surface area contributed by atoms with Gasteiger partial charge >= 0.3 is 0 Å². The number of thiazole rings is 1. The molecule has 1 amide bonds. The summed E-state index contributed by atoms with van der Waals surface area (Å²) in [6.45, 7) is 3.34. The van der Waals surface area contributed by atoms with E-state index < -0.39 is 26.6 Å². The third-order valence-corrected chi connectivity index (χ3v) is 6.90. The van der Waals surface area contributed by atoms with Gasteiger partial charge in [0.15, 0.2) is 5.13 Å². The maximum atomic E-state index is 14.0. The molecule has 3 rings (SSSR count). The van der Waals surface area contributed by atoms with Crippen molar-refractivity contribution in [3.05, 3.63) is 64.1 Å². The molecule has 2 heterocycles. The maximum Gasteiger partial charge on any atom is 0.257 e. The second-order valence-electron chi connectivity index (χ2n) is 5.38. The lowest BCUT2D eigenvalue weighted by atomic mass is 10.2. The number of nitrogens with one attached hydrogen (secondary N) is 2. The van der Waals surface area contributed by atoms with Gasteiger partial charge in [0.25, 0.3) is 5.91 Å². The Balaban J connectivity index is 1.81. The number of carbonyl (C=O) groups is 1. The Morgan fingerprint density at radius 1 is 1.32 bits per heavy atom. The summed E-state index contributed by atoms with van der Waals surface area (Å²) in [5.74, 6) is -1.57. The van der Waals surface area contributed by atoms with Crippen molar-refractivity contribution >= 4 is 55.3 Å². The fourth-order valence-corrected chi connectivity index (χ4v) is 5.05. The molecule has 0 saturated heterocycles. The van der Waals surface area contributed by atoms with Gasteiger partial charge in [-0.15, -0.1) is 29.3 Å². The third kappa shape index (κ3) is 4.65. The van der Waals surface area contributed by atoms with Crippen molar-refractivity contribution in [3.8, 4) is 10.6 Å². The van der Waals surface area contributed by atoms with Crippen LogP contribution in [0.4, 0.5) is 9.52 Å². The van der Waals surface area contributed by atoms with E-state index in [-0.39, 0.29) is 12.1 Å². The summed E-state index contributed by atoms with van der Waals surface area (Å²) in [6.07, 6.45) is 1.33. The number of nitrogens with zero attached hydrogens (tertiary/aromatic N) is 1. The van der Waals surface area contributed by atoms with E-state index in [1.54, 1.807) is 11.4 Å². The highest BCUT2D eigenvalue weighted by atomic mass is 35.5. The van der Waals surface area contributed by atoms with Crippen molar-refractivity contribution in [3.63, 3.8) is 0 Å². The number of benzene rings is 1. The summed E-state index contributed by atoms with van der Waals surface area (Å²) < 4.78 is 41.1. The first-order valence-electron chi connectivity index (χ1n) is 7.73. The summed E-state index contributed by atoms with van der Waals surface area (Å²) >= 11 is 8.47. The molecule has 0 aliphatic rings. The first kappa shape index (κ1) is 20.6. The molecule has 0 aliphatic heterocycles. The summed E-state index contributed by atoms with van der Waals surface area (Å²) in [6, 6.07) is 6.67. The molecule has 0 spiro atoms. The predicted octanol–water partition coefficient (Wildman–Crippen LogP) is 4.38. The number of rotatable bonds is 7. The number of halogens is 2. The normalized spacial score (nSPS) is 11.4. The lowest BCUT2D eigenvalue weighted by molar-refractivity contribution is 0.102. The molecule has 11 heteroatoms. The molecule has 0 saturated carbocycles. The minimum absolute atomic E-state index is 0.0173. The molecule has 2 N–H and O–H groups in total. The summed E-state index contributed by atoms with van der Waals surface area (Å²) in [4.78, 5) is 17.0. The van der Waals surface area contributed by atoms with E-state index in [2.05, 4.69) is 21.6 Å². The Bertz CT molecular complexity index is 1140. The molecular weight excluding hydrogens is 445 g/mol. The molecule has 0 aliphatic carbocycles. The van der Waals surface area contributed by atoms with E-state index in [4.69, 9.17) is 11.6 Å². The van der Waals surface area contributed by atoms with Crippen molar-refractivity contribution in [1.82, 2.24) is 9.71 Å². The molecule has 1 aromatic carbocycles. The largest absolute Gasteiger partial charge is 0.298 e. The van der Waals surface area contributed by atoms with Gasteiger partial charge in [-0.05, 0) is 30.3 Å². The van der Waals surface area contributed by atoms with Gasteiger partial charge in [-0.1, -0.05) is 17.7 Å². The highest BCUT2D eigenvalue weighted by Gasteiger charge is 2.21. The van der Waals surface area contributed by atoms with Gasteiger partial charge in [0, 0.05) is 17.5 Å². The highest BCUT2D eigenvalue weighted by Crippen LogP contribution is 2.33. The highest BCUT2D eigenvalue weighted by molar-refractivity contribution is 7.89. The van der Waals surface area contributed by atoms with Crippen LogP contribution in [0.25, 0.3) is 10.6 Å². The number of sulfonamides is 1. The van der Waals surface area contributed by atoms with Crippen LogP contribution >= 0.6 is 34.3 Å². The lowest BCUT2D eigenvalue weighted by Crippen LogP contribution is -2.25. The molecule has 0 atom stereocenters. The van der Waals surface area contributed by atoms with Crippen LogP contribution < -0.4 is 10.0 Å². The minimum atomic E-state index is -4.11. The first-order valence-corrected chi connectivity index (χ1v) is 11.3.